The zero-order valence-corrected chi connectivity index (χ0v) is 11.0. The molecule has 0 aromatic heterocycles. The zero-order chi connectivity index (χ0) is 14.9. The third kappa shape index (κ3) is 2.73. The molecule has 0 radical (unpaired) electrons. The van der Waals surface area contributed by atoms with Gasteiger partial charge in [-0.3, -0.25) is 9.59 Å². The molecule has 1 heterocycles. The number of fused-ring (bicyclic) bond motifs is 1. The van der Waals surface area contributed by atoms with Crippen LogP contribution in [0.15, 0.2) is 12.1 Å². The Balaban J connectivity index is 2.39. The maximum absolute atomic E-state index is 12.5. The fourth-order valence-electron chi connectivity index (χ4n) is 1.99. The number of alkyl halides is 2. The number of carbonyl (C=O) groups excluding carboxylic acids is 2. The van der Waals surface area contributed by atoms with Crippen molar-refractivity contribution in [3.8, 4) is 0 Å². The molecule has 0 atom stereocenters. The number of ketones is 1. The largest absolute Gasteiger partial charge is 0.395 e. The molecule has 1 aliphatic heterocycles. The minimum atomic E-state index is -2.61. The first-order valence-corrected chi connectivity index (χ1v) is 6.15. The summed E-state index contributed by atoms with van der Waals surface area (Å²) >= 11 is 5.98. The van der Waals surface area contributed by atoms with Crippen LogP contribution in [0, 0.1) is 0 Å². The summed E-state index contributed by atoms with van der Waals surface area (Å²) in [6.45, 7) is -0.975. The number of benzene rings is 1. The molecule has 20 heavy (non-hydrogen) atoms. The normalized spacial score (nSPS) is 13.7. The molecule has 1 aliphatic rings. The molecule has 0 fully saturated rings. The number of aliphatic hydroxyl groups excluding tert-OH is 1. The maximum Gasteiger partial charge on any atom is 0.296 e. The smallest absolute Gasteiger partial charge is 0.296 e. The summed E-state index contributed by atoms with van der Waals surface area (Å²) in [6.07, 6.45) is -2.61. The summed E-state index contributed by atoms with van der Waals surface area (Å²) in [4.78, 5) is 23.9. The van der Waals surface area contributed by atoms with Crippen molar-refractivity contribution >= 4 is 34.7 Å². The predicted octanol–water partition coefficient (Wildman–Crippen LogP) is 1.54. The van der Waals surface area contributed by atoms with E-state index in [4.69, 9.17) is 16.7 Å². The molecule has 1 amide bonds. The van der Waals surface area contributed by atoms with Crippen LogP contribution in [0.4, 0.5) is 20.2 Å². The van der Waals surface area contributed by atoms with Gasteiger partial charge in [0, 0.05) is 6.54 Å². The summed E-state index contributed by atoms with van der Waals surface area (Å²) in [5, 5.41) is 11.3. The second-order valence-electron chi connectivity index (χ2n) is 4.19. The van der Waals surface area contributed by atoms with E-state index >= 15 is 0 Å². The van der Waals surface area contributed by atoms with Crippen molar-refractivity contribution in [3.63, 3.8) is 0 Å². The van der Waals surface area contributed by atoms with Crippen molar-refractivity contribution in [2.75, 3.05) is 29.9 Å². The third-order valence-corrected chi connectivity index (χ3v) is 3.16. The minimum absolute atomic E-state index is 0.0370. The first-order valence-electron chi connectivity index (χ1n) is 5.77. The summed E-state index contributed by atoms with van der Waals surface area (Å²) in [6, 6.07) is 2.63. The van der Waals surface area contributed by atoms with E-state index < -0.39 is 24.7 Å². The van der Waals surface area contributed by atoms with Crippen LogP contribution < -0.4 is 10.2 Å². The van der Waals surface area contributed by atoms with E-state index in [-0.39, 0.29) is 35.1 Å². The summed E-state index contributed by atoms with van der Waals surface area (Å²) in [5.41, 5.74) is 0.580. The van der Waals surface area contributed by atoms with E-state index in [1.54, 1.807) is 0 Å². The number of halogens is 3. The van der Waals surface area contributed by atoms with E-state index in [9.17, 15) is 18.4 Å². The van der Waals surface area contributed by atoms with Crippen LogP contribution in [0.5, 0.6) is 0 Å². The van der Waals surface area contributed by atoms with Crippen molar-refractivity contribution in [1.82, 2.24) is 0 Å². The predicted molar refractivity (Wildman–Crippen MR) is 69.7 cm³/mol. The van der Waals surface area contributed by atoms with Crippen LogP contribution >= 0.6 is 11.6 Å². The van der Waals surface area contributed by atoms with Gasteiger partial charge in [0.15, 0.2) is 0 Å². The topological polar surface area (TPSA) is 69.6 Å². The van der Waals surface area contributed by atoms with Gasteiger partial charge >= 0.3 is 0 Å². The summed E-state index contributed by atoms with van der Waals surface area (Å²) < 4.78 is 25.1. The Hall–Kier alpha value is -1.73. The molecule has 8 heteroatoms. The van der Waals surface area contributed by atoms with Crippen molar-refractivity contribution in [3.05, 3.63) is 22.7 Å². The van der Waals surface area contributed by atoms with Crippen molar-refractivity contribution in [2.45, 2.75) is 6.43 Å². The number of hydrogen-bond acceptors (Lipinski definition) is 4. The van der Waals surface area contributed by atoms with Crippen LogP contribution in [0.3, 0.4) is 0 Å². The number of anilines is 2. The van der Waals surface area contributed by atoms with Gasteiger partial charge in [0.25, 0.3) is 18.1 Å². The molecule has 5 nitrogen and oxygen atoms in total. The second kappa shape index (κ2) is 5.72. The van der Waals surface area contributed by atoms with Gasteiger partial charge in [0.2, 0.25) is 0 Å². The van der Waals surface area contributed by atoms with Crippen LogP contribution in [0.1, 0.15) is 10.4 Å². The van der Waals surface area contributed by atoms with Crippen molar-refractivity contribution in [2.24, 2.45) is 0 Å². The third-order valence-electron chi connectivity index (χ3n) is 2.86. The number of amides is 1. The fraction of sp³-hybridized carbons (Fsp3) is 0.333. The van der Waals surface area contributed by atoms with Crippen LogP contribution in [-0.2, 0) is 4.79 Å². The Morgan fingerprint density at radius 3 is 2.65 bits per heavy atom. The Kier molecular flexibility index (Phi) is 4.20. The molecular formula is C12H11ClF2N2O3. The van der Waals surface area contributed by atoms with Gasteiger partial charge in [-0.15, -0.1) is 0 Å². The lowest BCUT2D eigenvalue weighted by Crippen LogP contribution is -2.31. The van der Waals surface area contributed by atoms with Crippen LogP contribution in [0.2, 0.25) is 5.02 Å². The molecule has 0 saturated carbocycles. The molecule has 0 spiro atoms. The molecule has 2 rings (SSSR count). The lowest BCUT2D eigenvalue weighted by atomic mass is 10.1. The van der Waals surface area contributed by atoms with E-state index in [0.29, 0.717) is 0 Å². The van der Waals surface area contributed by atoms with Gasteiger partial charge in [-0.1, -0.05) is 11.6 Å². The number of rotatable bonds is 5. The van der Waals surface area contributed by atoms with Gasteiger partial charge in [0.1, 0.15) is 0 Å². The molecule has 1 aromatic carbocycles. The number of carbonyl (C=O) groups is 2. The fourth-order valence-corrected chi connectivity index (χ4v) is 2.28. The Morgan fingerprint density at radius 2 is 2.05 bits per heavy atom. The monoisotopic (exact) mass is 304 g/mol. The molecule has 108 valence electrons. The summed E-state index contributed by atoms with van der Waals surface area (Å²) in [7, 11) is 0. The van der Waals surface area contributed by atoms with Crippen molar-refractivity contribution < 1.29 is 23.5 Å². The number of nitrogens with zero attached hydrogens (tertiary/aromatic N) is 1. The minimum Gasteiger partial charge on any atom is -0.395 e. The highest BCUT2D eigenvalue weighted by atomic mass is 35.5. The zero-order valence-electron chi connectivity index (χ0n) is 10.2. The van der Waals surface area contributed by atoms with Crippen molar-refractivity contribution in [1.29, 1.82) is 0 Å². The van der Waals surface area contributed by atoms with Crippen LogP contribution in [0.25, 0.3) is 0 Å². The molecule has 0 unspecified atom stereocenters. The molecule has 0 saturated heterocycles. The van der Waals surface area contributed by atoms with E-state index in [1.807, 2.05) is 0 Å². The average molecular weight is 305 g/mol. The van der Waals surface area contributed by atoms with E-state index in [2.05, 4.69) is 5.32 Å². The lowest BCUT2D eigenvalue weighted by molar-refractivity contribution is -0.112. The Labute approximate surface area is 118 Å². The van der Waals surface area contributed by atoms with Gasteiger partial charge < -0.3 is 15.3 Å². The van der Waals surface area contributed by atoms with Crippen LogP contribution in [-0.4, -0.2) is 42.9 Å². The Bertz CT molecular complexity index is 566. The highest BCUT2D eigenvalue weighted by molar-refractivity contribution is 6.52. The average Bonchev–Trinajstić information content (AvgIpc) is 2.64. The molecule has 0 bridgehead atoms. The SMILES string of the molecule is O=C1Nc2cc(N(CCO)CC(F)F)c(Cl)cc2C1=O. The van der Waals surface area contributed by atoms with Gasteiger partial charge in [-0.25, -0.2) is 8.78 Å². The lowest BCUT2D eigenvalue weighted by Gasteiger charge is -2.25. The highest BCUT2D eigenvalue weighted by Crippen LogP contribution is 2.35. The van der Waals surface area contributed by atoms with Gasteiger partial charge in [0.05, 0.1) is 35.1 Å². The quantitative estimate of drug-likeness (QED) is 0.810. The molecule has 2 N–H and O–H groups in total. The molecule has 0 aliphatic carbocycles. The highest BCUT2D eigenvalue weighted by Gasteiger charge is 2.30. The van der Waals surface area contributed by atoms with E-state index in [0.717, 1.165) is 0 Å². The molecular weight excluding hydrogens is 294 g/mol. The van der Waals surface area contributed by atoms with Gasteiger partial charge in [-0.05, 0) is 12.1 Å². The summed E-state index contributed by atoms with van der Waals surface area (Å²) in [5.74, 6) is -1.49. The van der Waals surface area contributed by atoms with Gasteiger partial charge in [-0.2, -0.15) is 0 Å². The first-order chi connectivity index (χ1) is 9.43. The number of aliphatic hydroxyl groups is 1. The second-order valence-corrected chi connectivity index (χ2v) is 4.60. The maximum atomic E-state index is 12.5. The molecule has 1 aromatic rings. The number of nitrogens with one attached hydrogen (secondary N) is 1. The first kappa shape index (κ1) is 14.7. The standard InChI is InChI=1S/C12H11ClF2N2O3/c13-7-3-6-8(16-12(20)11(6)19)4-9(7)17(1-2-18)5-10(14)15/h3-4,10,18H,1-2,5H2,(H,16,19,20). The number of Topliss-reactive ketones (excluding diaryl/α,β-unsaturated/α-hetero) is 1. The number of hydrogen-bond donors (Lipinski definition) is 2. The Morgan fingerprint density at radius 1 is 1.35 bits per heavy atom. The van der Waals surface area contributed by atoms with E-state index in [1.165, 1.54) is 17.0 Å².